The molecule has 0 aromatic heterocycles. The molecule has 0 aromatic carbocycles. The summed E-state index contributed by atoms with van der Waals surface area (Å²) in [6.45, 7) is 2.65. The average Bonchev–Trinajstić information content (AvgIpc) is 2.82. The van der Waals surface area contributed by atoms with E-state index in [1.54, 1.807) is 7.11 Å². The van der Waals surface area contributed by atoms with Gasteiger partial charge in [-0.25, -0.2) is 0 Å². The summed E-state index contributed by atoms with van der Waals surface area (Å²) in [6.07, 6.45) is 8.54. The predicted octanol–water partition coefficient (Wildman–Crippen LogP) is 2.16. The number of thioether (sulfide) groups is 1. The Morgan fingerprint density at radius 1 is 1.35 bits per heavy atom. The van der Waals surface area contributed by atoms with E-state index < -0.39 is 0 Å². The summed E-state index contributed by atoms with van der Waals surface area (Å²) in [5.41, 5.74) is 0. The second kappa shape index (κ2) is 8.16. The van der Waals surface area contributed by atoms with Crippen LogP contribution in [0, 0.1) is 0 Å². The quantitative estimate of drug-likeness (QED) is 0.550. The first kappa shape index (κ1) is 15.1. The van der Waals surface area contributed by atoms with E-state index in [1.165, 1.54) is 25.7 Å². The molecule has 1 fully saturated rings. The van der Waals surface area contributed by atoms with E-state index in [9.17, 15) is 0 Å². The van der Waals surface area contributed by atoms with Gasteiger partial charge in [-0.3, -0.25) is 0 Å². The van der Waals surface area contributed by atoms with E-state index in [4.69, 9.17) is 17.0 Å². The highest BCUT2D eigenvalue weighted by Crippen LogP contribution is 2.39. The second-order valence-corrected chi connectivity index (χ2v) is 6.23. The molecule has 0 spiro atoms. The summed E-state index contributed by atoms with van der Waals surface area (Å²) in [5.74, 6) is 0. The monoisotopic (exact) mass is 276 g/mol. The van der Waals surface area contributed by atoms with E-state index >= 15 is 0 Å². The van der Waals surface area contributed by atoms with Gasteiger partial charge in [-0.15, -0.1) is 0 Å². The fraction of sp³-hybridized carbons (Fsp3) is 0.917. The van der Waals surface area contributed by atoms with Crippen LogP contribution in [0.4, 0.5) is 0 Å². The summed E-state index contributed by atoms with van der Waals surface area (Å²) >= 11 is 7.25. The molecule has 0 heterocycles. The second-order valence-electron chi connectivity index (χ2n) is 4.55. The highest BCUT2D eigenvalue weighted by Gasteiger charge is 2.32. The molecular formula is C12H24N2OS2. The standard InChI is InChI=1S/C12H24N2OS2/c1-15-9-5-8-13-11(16)14-10-12(17-2)6-3-4-7-12/h3-10H2,1-2H3,(H2,13,14,16). The maximum absolute atomic E-state index is 5.26. The summed E-state index contributed by atoms with van der Waals surface area (Å²) in [6, 6.07) is 0. The van der Waals surface area contributed by atoms with Crippen molar-refractivity contribution in [2.45, 2.75) is 36.9 Å². The van der Waals surface area contributed by atoms with Crippen LogP contribution in [0.2, 0.25) is 0 Å². The SMILES string of the molecule is COCCCNC(=S)NCC1(SC)CCCC1. The van der Waals surface area contributed by atoms with Crippen LogP contribution in [0.1, 0.15) is 32.1 Å². The normalized spacial score (nSPS) is 18.0. The van der Waals surface area contributed by atoms with Crippen molar-refractivity contribution in [3.05, 3.63) is 0 Å². The third-order valence-corrected chi connectivity index (χ3v) is 5.04. The Kier molecular flexibility index (Phi) is 7.23. The van der Waals surface area contributed by atoms with Crippen molar-refractivity contribution in [2.24, 2.45) is 0 Å². The number of rotatable bonds is 7. The molecule has 3 nitrogen and oxygen atoms in total. The van der Waals surface area contributed by atoms with E-state index in [0.717, 1.165) is 31.2 Å². The van der Waals surface area contributed by atoms with E-state index in [2.05, 4.69) is 16.9 Å². The Hall–Kier alpha value is 0. The van der Waals surface area contributed by atoms with E-state index in [-0.39, 0.29) is 0 Å². The molecule has 1 aliphatic rings. The number of methoxy groups -OCH3 is 1. The fourth-order valence-electron chi connectivity index (χ4n) is 2.19. The highest BCUT2D eigenvalue weighted by atomic mass is 32.2. The van der Waals surface area contributed by atoms with Crippen molar-refractivity contribution in [3.8, 4) is 0 Å². The molecule has 0 aliphatic heterocycles. The molecule has 100 valence electrons. The molecule has 0 atom stereocenters. The Morgan fingerprint density at radius 3 is 2.65 bits per heavy atom. The Morgan fingerprint density at radius 2 is 2.06 bits per heavy atom. The first-order valence-corrected chi connectivity index (χ1v) is 7.91. The largest absolute Gasteiger partial charge is 0.385 e. The van der Waals surface area contributed by atoms with Gasteiger partial charge in [0.15, 0.2) is 5.11 Å². The van der Waals surface area contributed by atoms with Gasteiger partial charge in [-0.2, -0.15) is 11.8 Å². The summed E-state index contributed by atoms with van der Waals surface area (Å²) in [4.78, 5) is 0. The molecule has 1 rings (SSSR count). The number of hydrogen-bond acceptors (Lipinski definition) is 3. The number of thiocarbonyl (C=S) groups is 1. The molecule has 1 aliphatic carbocycles. The predicted molar refractivity (Wildman–Crippen MR) is 79.8 cm³/mol. The smallest absolute Gasteiger partial charge is 0.166 e. The van der Waals surface area contributed by atoms with Crippen LogP contribution in [0.25, 0.3) is 0 Å². The van der Waals surface area contributed by atoms with Gasteiger partial charge in [0.25, 0.3) is 0 Å². The van der Waals surface area contributed by atoms with Gasteiger partial charge in [0.05, 0.1) is 0 Å². The van der Waals surface area contributed by atoms with Crippen LogP contribution >= 0.6 is 24.0 Å². The minimum Gasteiger partial charge on any atom is -0.385 e. The average molecular weight is 276 g/mol. The van der Waals surface area contributed by atoms with Crippen LogP contribution in [0.15, 0.2) is 0 Å². The molecule has 1 saturated carbocycles. The highest BCUT2D eigenvalue weighted by molar-refractivity contribution is 8.00. The van der Waals surface area contributed by atoms with Crippen LogP contribution in [-0.2, 0) is 4.74 Å². The van der Waals surface area contributed by atoms with Gasteiger partial charge in [0.1, 0.15) is 0 Å². The maximum atomic E-state index is 5.26. The lowest BCUT2D eigenvalue weighted by atomic mass is 10.1. The summed E-state index contributed by atoms with van der Waals surface area (Å²) in [7, 11) is 1.72. The number of ether oxygens (including phenoxy) is 1. The lowest BCUT2D eigenvalue weighted by Gasteiger charge is -2.27. The zero-order chi connectivity index (χ0) is 12.6. The van der Waals surface area contributed by atoms with Crippen molar-refractivity contribution >= 4 is 29.1 Å². The third-order valence-electron chi connectivity index (χ3n) is 3.33. The minimum absolute atomic E-state index is 0.415. The van der Waals surface area contributed by atoms with Crippen molar-refractivity contribution in [3.63, 3.8) is 0 Å². The first-order valence-electron chi connectivity index (χ1n) is 6.28. The molecule has 0 saturated heterocycles. The zero-order valence-corrected chi connectivity index (χ0v) is 12.5. The van der Waals surface area contributed by atoms with Crippen molar-refractivity contribution in [2.75, 3.05) is 33.1 Å². The van der Waals surface area contributed by atoms with E-state index in [0.29, 0.717) is 4.75 Å². The van der Waals surface area contributed by atoms with Crippen molar-refractivity contribution < 1.29 is 4.74 Å². The molecule has 2 N–H and O–H groups in total. The molecule has 0 aromatic rings. The first-order chi connectivity index (χ1) is 8.22. The molecule has 0 unspecified atom stereocenters. The third kappa shape index (κ3) is 5.44. The number of hydrogen-bond donors (Lipinski definition) is 2. The Balaban J connectivity index is 2.14. The van der Waals surface area contributed by atoms with Crippen LogP contribution in [0.5, 0.6) is 0 Å². The van der Waals surface area contributed by atoms with Crippen LogP contribution < -0.4 is 10.6 Å². The van der Waals surface area contributed by atoms with Crippen molar-refractivity contribution in [1.82, 2.24) is 10.6 Å². The Bertz CT molecular complexity index is 231. The molecule has 0 radical (unpaired) electrons. The topological polar surface area (TPSA) is 33.3 Å². The van der Waals surface area contributed by atoms with Gasteiger partial charge in [0.2, 0.25) is 0 Å². The lowest BCUT2D eigenvalue weighted by molar-refractivity contribution is 0.195. The van der Waals surface area contributed by atoms with Gasteiger partial charge < -0.3 is 15.4 Å². The summed E-state index contributed by atoms with van der Waals surface area (Å²) < 4.78 is 5.41. The lowest BCUT2D eigenvalue weighted by Crippen LogP contribution is -2.43. The molecule has 17 heavy (non-hydrogen) atoms. The van der Waals surface area contributed by atoms with Gasteiger partial charge in [-0.05, 0) is 37.7 Å². The molecule has 0 amide bonds. The molecule has 5 heteroatoms. The van der Waals surface area contributed by atoms with Crippen LogP contribution in [-0.4, -0.2) is 42.9 Å². The summed E-state index contributed by atoms with van der Waals surface area (Å²) in [5, 5.41) is 7.34. The molecular weight excluding hydrogens is 252 g/mol. The Labute approximate surface area is 114 Å². The fourth-order valence-corrected chi connectivity index (χ4v) is 3.28. The van der Waals surface area contributed by atoms with Crippen molar-refractivity contribution in [1.29, 1.82) is 0 Å². The molecule has 0 bridgehead atoms. The number of nitrogens with one attached hydrogen (secondary N) is 2. The van der Waals surface area contributed by atoms with E-state index in [1.807, 2.05) is 11.8 Å². The van der Waals surface area contributed by atoms with Crippen LogP contribution in [0.3, 0.4) is 0 Å². The van der Waals surface area contributed by atoms with Gasteiger partial charge in [0, 0.05) is 31.6 Å². The maximum Gasteiger partial charge on any atom is 0.166 e. The zero-order valence-electron chi connectivity index (χ0n) is 10.9. The van der Waals surface area contributed by atoms with Gasteiger partial charge >= 0.3 is 0 Å². The minimum atomic E-state index is 0.415. The van der Waals surface area contributed by atoms with Gasteiger partial charge in [-0.1, -0.05) is 12.8 Å².